The summed E-state index contributed by atoms with van der Waals surface area (Å²) in [4.78, 5) is 20.6. The molecule has 3 aromatic heterocycles. The van der Waals surface area contributed by atoms with Gasteiger partial charge < -0.3 is 20.7 Å². The van der Waals surface area contributed by atoms with Crippen molar-refractivity contribution in [1.29, 1.82) is 0 Å². The van der Waals surface area contributed by atoms with Crippen molar-refractivity contribution in [1.82, 2.24) is 19.6 Å². The van der Waals surface area contributed by atoms with Gasteiger partial charge in [-0.15, -0.1) is 0 Å². The van der Waals surface area contributed by atoms with Gasteiger partial charge in [0.1, 0.15) is 25.1 Å². The molecule has 0 bridgehead atoms. The fraction of sp³-hybridized carbons (Fsp3) is 0.0357. The summed E-state index contributed by atoms with van der Waals surface area (Å²) in [5.41, 5.74) is 5.12. The Hall–Kier alpha value is -5.05. The number of anilines is 2. The van der Waals surface area contributed by atoms with E-state index in [1.807, 2.05) is 66.7 Å². The van der Waals surface area contributed by atoms with Crippen molar-refractivity contribution in [3.05, 3.63) is 102 Å². The van der Waals surface area contributed by atoms with Crippen molar-refractivity contribution in [2.75, 3.05) is 10.6 Å². The van der Waals surface area contributed by atoms with Crippen molar-refractivity contribution in [2.45, 2.75) is 6.54 Å². The number of H-pyrrole nitrogens is 1. The second kappa shape index (κ2) is 9.20. The largest absolute Gasteiger partial charge is 0.507 e. The summed E-state index contributed by atoms with van der Waals surface area (Å²) in [6.45, 7) is 0.454. The highest BCUT2D eigenvalue weighted by atomic mass is 16.3. The first kappa shape index (κ1) is 22.4. The zero-order chi connectivity index (χ0) is 25.4. The molecule has 6 rings (SSSR count). The average Bonchev–Trinajstić information content (AvgIpc) is 3.52. The van der Waals surface area contributed by atoms with Crippen molar-refractivity contribution in [3.63, 3.8) is 0 Å². The van der Waals surface area contributed by atoms with Gasteiger partial charge in [0.05, 0.1) is 5.69 Å². The zero-order valence-electron chi connectivity index (χ0n) is 19.6. The van der Waals surface area contributed by atoms with Gasteiger partial charge in [0.2, 0.25) is 0 Å². The first-order chi connectivity index (χ1) is 18.0. The molecule has 0 spiro atoms. The van der Waals surface area contributed by atoms with Gasteiger partial charge in [-0.05, 0) is 47.4 Å². The smallest absolute Gasteiger partial charge is 0.272 e. The molecule has 0 aliphatic rings. The summed E-state index contributed by atoms with van der Waals surface area (Å²) < 4.78 is 1.63. The fourth-order valence-electron chi connectivity index (χ4n) is 4.28. The summed E-state index contributed by atoms with van der Waals surface area (Å²) in [6, 6.07) is 26.0. The summed E-state index contributed by atoms with van der Waals surface area (Å²) in [5, 5.41) is 22.0. The van der Waals surface area contributed by atoms with Crippen molar-refractivity contribution in [2.24, 2.45) is 0 Å². The average molecular weight is 484 g/mol. The number of fused-ring (bicyclic) bond motifs is 2. The molecule has 3 aromatic carbocycles. The van der Waals surface area contributed by atoms with Gasteiger partial charge in [-0.3, -0.25) is 4.79 Å². The maximum absolute atomic E-state index is 12.8. The minimum Gasteiger partial charge on any atom is -0.507 e. The Morgan fingerprint density at radius 3 is 2.70 bits per heavy atom. The Morgan fingerprint density at radius 1 is 1.00 bits per heavy atom. The number of hydrogen-bond acceptors (Lipinski definition) is 5. The molecule has 1 amide bonds. The van der Waals surface area contributed by atoms with Gasteiger partial charge >= 0.3 is 0 Å². The van der Waals surface area contributed by atoms with Crippen LogP contribution in [0, 0.1) is 0 Å². The predicted octanol–water partition coefficient (Wildman–Crippen LogP) is 4.24. The number of hydrogen-bond donors (Lipinski definition) is 4. The van der Waals surface area contributed by atoms with E-state index in [1.165, 1.54) is 0 Å². The normalized spacial score (nSPS) is 11.1. The number of phenolic OH excluding ortho intramolecular Hbond substituents is 1. The Kier molecular flexibility index (Phi) is 5.57. The topological polar surface area (TPSA) is 107 Å². The molecule has 2 radical (unpaired) electrons. The van der Waals surface area contributed by atoms with Gasteiger partial charge in [-0.1, -0.05) is 42.5 Å². The summed E-state index contributed by atoms with van der Waals surface area (Å²) >= 11 is 0. The van der Waals surface area contributed by atoms with Crippen LogP contribution in [0.25, 0.3) is 27.8 Å². The third-order valence-electron chi connectivity index (χ3n) is 6.11. The SMILES string of the molecule is [B]c1cnn2c(NCc3cccc(NC(=O)c4cc5ccccc5[nH]4)c3)cc(-c3ccccc3O)nc12. The highest BCUT2D eigenvalue weighted by Gasteiger charge is 2.13. The monoisotopic (exact) mass is 484 g/mol. The van der Waals surface area contributed by atoms with Crippen molar-refractivity contribution in [3.8, 4) is 17.0 Å². The van der Waals surface area contributed by atoms with Crippen LogP contribution in [0.5, 0.6) is 5.75 Å². The van der Waals surface area contributed by atoms with Crippen LogP contribution in [-0.2, 0) is 6.54 Å². The van der Waals surface area contributed by atoms with E-state index in [9.17, 15) is 9.90 Å². The highest BCUT2D eigenvalue weighted by molar-refractivity contribution is 6.36. The number of carbonyl (C=O) groups excluding carboxylic acids is 1. The quantitative estimate of drug-likeness (QED) is 0.265. The Bertz CT molecular complexity index is 1740. The predicted molar refractivity (Wildman–Crippen MR) is 145 cm³/mol. The zero-order valence-corrected chi connectivity index (χ0v) is 19.6. The second-order valence-corrected chi connectivity index (χ2v) is 8.66. The highest BCUT2D eigenvalue weighted by Crippen LogP contribution is 2.29. The number of nitrogens with zero attached hydrogens (tertiary/aromatic N) is 3. The number of rotatable bonds is 6. The lowest BCUT2D eigenvalue weighted by Crippen LogP contribution is -2.13. The number of aromatic nitrogens is 4. The number of nitrogens with one attached hydrogen (secondary N) is 3. The first-order valence-corrected chi connectivity index (χ1v) is 11.7. The lowest BCUT2D eigenvalue weighted by atomic mass is 10.0. The molecule has 0 fully saturated rings. The molecule has 9 heteroatoms. The van der Waals surface area contributed by atoms with E-state index >= 15 is 0 Å². The second-order valence-electron chi connectivity index (χ2n) is 8.66. The van der Waals surface area contributed by atoms with Gasteiger partial charge in [0.25, 0.3) is 5.91 Å². The van der Waals surface area contributed by atoms with E-state index in [4.69, 9.17) is 7.85 Å². The number of aromatic hydroxyl groups is 1. The number of benzene rings is 3. The molecule has 0 saturated carbocycles. The minimum atomic E-state index is -0.212. The molecule has 6 aromatic rings. The fourth-order valence-corrected chi connectivity index (χ4v) is 4.28. The van der Waals surface area contributed by atoms with Crippen LogP contribution in [0.15, 0.2) is 91.1 Å². The van der Waals surface area contributed by atoms with Crippen molar-refractivity contribution < 1.29 is 9.90 Å². The molecule has 0 aliphatic heterocycles. The molecule has 0 atom stereocenters. The van der Waals surface area contributed by atoms with Crippen LogP contribution < -0.4 is 16.1 Å². The van der Waals surface area contributed by atoms with E-state index < -0.39 is 0 Å². The standard InChI is InChI=1S/C28H21BN6O2/c29-21-16-31-35-26(14-23(34-27(21)35)20-9-2-4-11-25(20)36)30-15-17-6-5-8-19(12-17)32-28(37)24-13-18-7-1-3-10-22(18)33-24/h1-14,16,30,33,36H,15H2,(H,32,37). The van der Waals surface area contributed by atoms with Crippen molar-refractivity contribution >= 4 is 47.3 Å². The van der Waals surface area contributed by atoms with Gasteiger partial charge in [0.15, 0.2) is 5.65 Å². The van der Waals surface area contributed by atoms with E-state index in [-0.39, 0.29) is 11.7 Å². The first-order valence-electron chi connectivity index (χ1n) is 11.7. The molecule has 3 heterocycles. The molecule has 0 unspecified atom stereocenters. The molecule has 4 N–H and O–H groups in total. The molecule has 178 valence electrons. The maximum Gasteiger partial charge on any atom is 0.272 e. The van der Waals surface area contributed by atoms with Gasteiger partial charge in [0, 0.05) is 41.0 Å². The van der Waals surface area contributed by atoms with Crippen LogP contribution in [0.1, 0.15) is 16.1 Å². The summed E-state index contributed by atoms with van der Waals surface area (Å²) in [5.74, 6) is 0.575. The molecule has 0 saturated heterocycles. The Balaban J connectivity index is 1.24. The lowest BCUT2D eigenvalue weighted by Gasteiger charge is -2.13. The van der Waals surface area contributed by atoms with Crippen LogP contribution in [0.2, 0.25) is 0 Å². The molecule has 37 heavy (non-hydrogen) atoms. The van der Waals surface area contributed by atoms with Gasteiger partial charge in [-0.25, -0.2) is 4.98 Å². The molecule has 0 aliphatic carbocycles. The number of aromatic amines is 1. The minimum absolute atomic E-state index is 0.127. The lowest BCUT2D eigenvalue weighted by molar-refractivity contribution is 0.102. The molecular weight excluding hydrogens is 463 g/mol. The number of phenols is 1. The molecular formula is C28H21BN6O2. The third kappa shape index (κ3) is 4.38. The van der Waals surface area contributed by atoms with Crippen LogP contribution >= 0.6 is 0 Å². The third-order valence-corrected chi connectivity index (χ3v) is 6.11. The van der Waals surface area contributed by atoms with Crippen LogP contribution in [0.3, 0.4) is 0 Å². The van der Waals surface area contributed by atoms with Gasteiger partial charge in [-0.2, -0.15) is 9.61 Å². The molecule has 8 nitrogen and oxygen atoms in total. The number of amides is 1. The van der Waals surface area contributed by atoms with E-state index in [1.54, 1.807) is 28.9 Å². The van der Waals surface area contributed by atoms with E-state index in [0.717, 1.165) is 16.5 Å². The number of carbonyl (C=O) groups is 1. The Labute approximate surface area is 213 Å². The summed E-state index contributed by atoms with van der Waals surface area (Å²) in [6.07, 6.45) is 1.54. The number of para-hydroxylation sites is 2. The van der Waals surface area contributed by atoms with E-state index in [0.29, 0.717) is 46.1 Å². The Morgan fingerprint density at radius 2 is 1.84 bits per heavy atom. The van der Waals surface area contributed by atoms with Crippen LogP contribution in [-0.4, -0.2) is 38.4 Å². The maximum atomic E-state index is 12.8. The summed E-state index contributed by atoms with van der Waals surface area (Å²) in [7, 11) is 6.10. The van der Waals surface area contributed by atoms with E-state index in [2.05, 4.69) is 25.7 Å². The van der Waals surface area contributed by atoms with Crippen LogP contribution in [0.4, 0.5) is 11.5 Å².